The van der Waals surface area contributed by atoms with Gasteiger partial charge in [-0.3, -0.25) is 4.79 Å². The summed E-state index contributed by atoms with van der Waals surface area (Å²) in [4.78, 5) is 10.9. The number of benzene rings is 1. The van der Waals surface area contributed by atoms with Crippen LogP contribution in [-0.4, -0.2) is 17.6 Å². The van der Waals surface area contributed by atoms with Crippen molar-refractivity contribution in [3.05, 3.63) is 34.6 Å². The van der Waals surface area contributed by atoms with Crippen LogP contribution in [0, 0.1) is 25.6 Å². The van der Waals surface area contributed by atoms with Crippen LogP contribution < -0.4 is 5.32 Å². The second-order valence-electron chi connectivity index (χ2n) is 4.72. The fraction of sp³-hybridized carbons (Fsp3) is 0.462. The van der Waals surface area contributed by atoms with Crippen LogP contribution in [0.25, 0.3) is 0 Å². The molecule has 1 heterocycles. The molecule has 3 nitrogen and oxygen atoms in total. The van der Waals surface area contributed by atoms with Gasteiger partial charge in [-0.1, -0.05) is 17.7 Å². The van der Waals surface area contributed by atoms with Crippen molar-refractivity contribution in [3.8, 4) is 0 Å². The average molecular weight is 237 g/mol. The third-order valence-corrected chi connectivity index (χ3v) is 3.28. The zero-order valence-corrected chi connectivity index (χ0v) is 9.96. The molecule has 0 radical (unpaired) electrons. The maximum absolute atomic E-state index is 14.0. The summed E-state index contributed by atoms with van der Waals surface area (Å²) in [6.45, 7) is 4.06. The van der Waals surface area contributed by atoms with E-state index in [9.17, 15) is 9.18 Å². The van der Waals surface area contributed by atoms with Crippen molar-refractivity contribution in [3.63, 3.8) is 0 Å². The normalized spacial score (nSPS) is 23.9. The summed E-state index contributed by atoms with van der Waals surface area (Å²) in [6.07, 6.45) is 0.454. The molecule has 92 valence electrons. The number of carboxylic acids is 1. The van der Waals surface area contributed by atoms with E-state index in [2.05, 4.69) is 5.32 Å². The van der Waals surface area contributed by atoms with Crippen molar-refractivity contribution < 1.29 is 14.3 Å². The summed E-state index contributed by atoms with van der Waals surface area (Å²) in [5.41, 5.74) is 2.20. The Morgan fingerprint density at radius 3 is 2.76 bits per heavy atom. The molecule has 0 saturated carbocycles. The highest BCUT2D eigenvalue weighted by Gasteiger charge is 2.31. The van der Waals surface area contributed by atoms with Crippen LogP contribution in [0.3, 0.4) is 0 Å². The number of hydrogen-bond acceptors (Lipinski definition) is 2. The molecule has 0 spiro atoms. The molecule has 17 heavy (non-hydrogen) atoms. The molecule has 2 rings (SSSR count). The molecule has 2 N–H and O–H groups in total. The first-order valence-electron chi connectivity index (χ1n) is 5.72. The van der Waals surface area contributed by atoms with E-state index in [0.29, 0.717) is 24.1 Å². The summed E-state index contributed by atoms with van der Waals surface area (Å²) in [5, 5.41) is 12.0. The van der Waals surface area contributed by atoms with Gasteiger partial charge in [-0.25, -0.2) is 4.39 Å². The van der Waals surface area contributed by atoms with E-state index in [1.54, 1.807) is 19.1 Å². The quantitative estimate of drug-likeness (QED) is 0.828. The minimum absolute atomic E-state index is 0.185. The Bertz CT molecular complexity index is 459. The van der Waals surface area contributed by atoms with Crippen molar-refractivity contribution in [1.29, 1.82) is 0 Å². The van der Waals surface area contributed by atoms with Crippen LogP contribution in [0.1, 0.15) is 29.2 Å². The number of carboxylic acid groups (broad SMARTS) is 1. The zero-order chi connectivity index (χ0) is 12.6. The fourth-order valence-electron chi connectivity index (χ4n) is 2.40. The lowest BCUT2D eigenvalue weighted by Crippen LogP contribution is -2.18. The number of halogens is 1. The summed E-state index contributed by atoms with van der Waals surface area (Å²) in [7, 11) is 0. The minimum Gasteiger partial charge on any atom is -0.481 e. The van der Waals surface area contributed by atoms with Gasteiger partial charge in [0.2, 0.25) is 0 Å². The SMILES string of the molecule is Cc1cc(C)c(F)c(C2CC(C(=O)O)CN2)c1. The summed E-state index contributed by atoms with van der Waals surface area (Å²) >= 11 is 0. The Balaban J connectivity index is 2.27. The standard InChI is InChI=1S/C13H16FNO2/c1-7-3-8(2)12(14)10(4-7)11-5-9(6-15-11)13(16)17/h3-4,9,11,15H,5-6H2,1-2H3,(H,16,17). The fourth-order valence-corrected chi connectivity index (χ4v) is 2.40. The van der Waals surface area contributed by atoms with Gasteiger partial charge in [0.1, 0.15) is 5.82 Å². The molecule has 1 aromatic carbocycles. The smallest absolute Gasteiger partial charge is 0.307 e. The number of carbonyl (C=O) groups is 1. The summed E-state index contributed by atoms with van der Waals surface area (Å²) < 4.78 is 14.0. The molecule has 0 aliphatic carbocycles. The van der Waals surface area contributed by atoms with Gasteiger partial charge in [0, 0.05) is 18.2 Å². The van der Waals surface area contributed by atoms with Gasteiger partial charge in [0.15, 0.2) is 0 Å². The van der Waals surface area contributed by atoms with Gasteiger partial charge >= 0.3 is 5.97 Å². The van der Waals surface area contributed by atoms with Crippen molar-refractivity contribution >= 4 is 5.97 Å². The van der Waals surface area contributed by atoms with E-state index < -0.39 is 11.9 Å². The van der Waals surface area contributed by atoms with Crippen LogP contribution >= 0.6 is 0 Å². The lowest BCUT2D eigenvalue weighted by molar-refractivity contribution is -0.141. The first-order chi connectivity index (χ1) is 7.99. The van der Waals surface area contributed by atoms with E-state index in [-0.39, 0.29) is 11.9 Å². The zero-order valence-electron chi connectivity index (χ0n) is 9.96. The monoisotopic (exact) mass is 237 g/mol. The van der Waals surface area contributed by atoms with Crippen molar-refractivity contribution in [1.82, 2.24) is 5.32 Å². The molecule has 1 aromatic rings. The summed E-state index contributed by atoms with van der Waals surface area (Å²) in [6, 6.07) is 3.40. The Hall–Kier alpha value is -1.42. The van der Waals surface area contributed by atoms with E-state index in [1.165, 1.54) is 0 Å². The molecular formula is C13H16FNO2. The predicted octanol–water partition coefficient (Wildman–Crippen LogP) is 2.18. The highest BCUT2D eigenvalue weighted by Crippen LogP contribution is 2.30. The molecule has 4 heteroatoms. The second-order valence-corrected chi connectivity index (χ2v) is 4.72. The van der Waals surface area contributed by atoms with Crippen molar-refractivity contribution in [2.24, 2.45) is 5.92 Å². The van der Waals surface area contributed by atoms with Crippen LogP contribution in [0.2, 0.25) is 0 Å². The Kier molecular flexibility index (Phi) is 3.15. The number of hydrogen-bond donors (Lipinski definition) is 2. The average Bonchev–Trinajstić information content (AvgIpc) is 2.72. The third-order valence-electron chi connectivity index (χ3n) is 3.28. The molecule has 0 bridgehead atoms. The van der Waals surface area contributed by atoms with E-state index in [4.69, 9.17) is 5.11 Å². The molecule has 2 unspecified atom stereocenters. The van der Waals surface area contributed by atoms with Gasteiger partial charge in [-0.15, -0.1) is 0 Å². The summed E-state index contributed by atoms with van der Waals surface area (Å²) in [5.74, 6) is -1.45. The van der Waals surface area contributed by atoms with Crippen LogP contribution in [-0.2, 0) is 4.79 Å². The largest absolute Gasteiger partial charge is 0.481 e. The molecule has 0 amide bonds. The lowest BCUT2D eigenvalue weighted by atomic mass is 9.96. The van der Waals surface area contributed by atoms with Gasteiger partial charge in [-0.2, -0.15) is 0 Å². The molecule has 1 aliphatic heterocycles. The number of nitrogens with one attached hydrogen (secondary N) is 1. The maximum Gasteiger partial charge on any atom is 0.307 e. The second kappa shape index (κ2) is 4.45. The van der Waals surface area contributed by atoms with E-state index in [0.717, 1.165) is 5.56 Å². The molecule has 0 aromatic heterocycles. The van der Waals surface area contributed by atoms with Crippen molar-refractivity contribution in [2.75, 3.05) is 6.54 Å². The number of aliphatic carboxylic acids is 1. The Morgan fingerprint density at radius 2 is 2.18 bits per heavy atom. The number of rotatable bonds is 2. The van der Waals surface area contributed by atoms with Gasteiger partial charge < -0.3 is 10.4 Å². The molecule has 2 atom stereocenters. The molecule has 1 saturated heterocycles. The topological polar surface area (TPSA) is 49.3 Å². The Morgan fingerprint density at radius 1 is 1.47 bits per heavy atom. The molecule has 1 fully saturated rings. The third kappa shape index (κ3) is 2.31. The van der Waals surface area contributed by atoms with Crippen molar-refractivity contribution in [2.45, 2.75) is 26.3 Å². The van der Waals surface area contributed by atoms with E-state index in [1.807, 2.05) is 6.92 Å². The maximum atomic E-state index is 14.0. The first-order valence-corrected chi connectivity index (χ1v) is 5.72. The lowest BCUT2D eigenvalue weighted by Gasteiger charge is -2.14. The first kappa shape index (κ1) is 12.0. The van der Waals surface area contributed by atoms with Gasteiger partial charge in [0.25, 0.3) is 0 Å². The van der Waals surface area contributed by atoms with Crippen LogP contribution in [0.5, 0.6) is 0 Å². The van der Waals surface area contributed by atoms with E-state index >= 15 is 0 Å². The highest BCUT2D eigenvalue weighted by atomic mass is 19.1. The predicted molar refractivity (Wildman–Crippen MR) is 62.4 cm³/mol. The molecular weight excluding hydrogens is 221 g/mol. The van der Waals surface area contributed by atoms with Gasteiger partial charge in [0.05, 0.1) is 5.92 Å². The Labute approximate surface area is 99.7 Å². The minimum atomic E-state index is -0.815. The van der Waals surface area contributed by atoms with Gasteiger partial charge in [-0.05, 0) is 25.8 Å². The van der Waals surface area contributed by atoms with Crippen LogP contribution in [0.15, 0.2) is 12.1 Å². The molecule has 1 aliphatic rings. The highest BCUT2D eigenvalue weighted by molar-refractivity contribution is 5.70. The number of aryl methyl sites for hydroxylation is 2. The van der Waals surface area contributed by atoms with Crippen LogP contribution in [0.4, 0.5) is 4.39 Å².